The molecule has 0 saturated carbocycles. The number of benzene rings is 1. The fourth-order valence-electron chi connectivity index (χ4n) is 4.63. The Morgan fingerprint density at radius 1 is 1.19 bits per heavy atom. The Bertz CT molecular complexity index is 1110. The van der Waals surface area contributed by atoms with E-state index in [1.165, 1.54) is 11.3 Å². The van der Waals surface area contributed by atoms with Gasteiger partial charge in [0.25, 0.3) is 5.91 Å². The van der Waals surface area contributed by atoms with E-state index in [4.69, 9.17) is 4.98 Å². The summed E-state index contributed by atoms with van der Waals surface area (Å²) in [6.07, 6.45) is 5.96. The van der Waals surface area contributed by atoms with Crippen molar-refractivity contribution in [1.29, 1.82) is 0 Å². The molecule has 4 heterocycles. The number of carbonyl (C=O) groups excluding carboxylic acids is 1. The lowest BCUT2D eigenvalue weighted by atomic mass is 9.99. The molecule has 0 spiro atoms. The van der Waals surface area contributed by atoms with Crippen LogP contribution in [0.25, 0.3) is 0 Å². The van der Waals surface area contributed by atoms with E-state index < -0.39 is 0 Å². The Morgan fingerprint density at radius 2 is 2.10 bits per heavy atom. The summed E-state index contributed by atoms with van der Waals surface area (Å²) in [5.74, 6) is 0.872. The molecular formula is C24H27N5OS. The molecule has 1 saturated heterocycles. The number of rotatable bonds is 4. The predicted molar refractivity (Wildman–Crippen MR) is 125 cm³/mol. The lowest BCUT2D eigenvalue weighted by Crippen LogP contribution is -2.31. The van der Waals surface area contributed by atoms with Gasteiger partial charge in [0.1, 0.15) is 5.82 Å². The van der Waals surface area contributed by atoms with E-state index in [0.717, 1.165) is 65.9 Å². The van der Waals surface area contributed by atoms with Gasteiger partial charge in [-0.2, -0.15) is 0 Å². The Balaban J connectivity index is 1.37. The van der Waals surface area contributed by atoms with Gasteiger partial charge in [-0.25, -0.2) is 9.97 Å². The average Bonchev–Trinajstić information content (AvgIpc) is 3.42. The molecule has 31 heavy (non-hydrogen) atoms. The molecule has 2 aliphatic rings. The smallest absolute Gasteiger partial charge is 0.254 e. The lowest BCUT2D eigenvalue weighted by Gasteiger charge is -2.29. The Morgan fingerprint density at radius 3 is 2.94 bits per heavy atom. The maximum Gasteiger partial charge on any atom is 0.254 e. The average molecular weight is 434 g/mol. The first-order valence-electron chi connectivity index (χ1n) is 10.9. The maximum atomic E-state index is 13.4. The number of amides is 1. The summed E-state index contributed by atoms with van der Waals surface area (Å²) < 4.78 is 0. The van der Waals surface area contributed by atoms with Crippen LogP contribution in [0.15, 0.2) is 42.6 Å². The van der Waals surface area contributed by atoms with E-state index in [2.05, 4.69) is 34.4 Å². The van der Waals surface area contributed by atoms with Gasteiger partial charge in [-0.1, -0.05) is 6.07 Å². The van der Waals surface area contributed by atoms with Gasteiger partial charge in [0, 0.05) is 42.5 Å². The van der Waals surface area contributed by atoms with Gasteiger partial charge >= 0.3 is 0 Å². The van der Waals surface area contributed by atoms with E-state index in [1.807, 2.05) is 42.3 Å². The minimum absolute atomic E-state index is 0.00554. The lowest BCUT2D eigenvalue weighted by molar-refractivity contribution is 0.0733. The second-order valence-corrected chi connectivity index (χ2v) is 9.61. The van der Waals surface area contributed by atoms with Crippen LogP contribution in [0.5, 0.6) is 0 Å². The van der Waals surface area contributed by atoms with Crippen molar-refractivity contribution in [2.45, 2.75) is 38.6 Å². The number of hydrogen-bond acceptors (Lipinski definition) is 6. The number of fused-ring (bicyclic) bond motifs is 1. The van der Waals surface area contributed by atoms with Crippen molar-refractivity contribution in [3.63, 3.8) is 0 Å². The van der Waals surface area contributed by atoms with Crippen LogP contribution in [0, 0.1) is 6.92 Å². The van der Waals surface area contributed by atoms with Crippen LogP contribution in [0.3, 0.4) is 0 Å². The fraction of sp³-hybridized carbons (Fsp3) is 0.375. The molecule has 1 fully saturated rings. The molecule has 2 aromatic heterocycles. The molecule has 3 aromatic rings. The van der Waals surface area contributed by atoms with Crippen LogP contribution >= 0.6 is 11.3 Å². The van der Waals surface area contributed by atoms with Gasteiger partial charge in [-0.15, -0.1) is 11.3 Å². The highest BCUT2D eigenvalue weighted by Gasteiger charge is 2.32. The minimum Gasteiger partial charge on any atom is -0.374 e. The maximum absolute atomic E-state index is 13.4. The molecule has 6 nitrogen and oxygen atoms in total. The SMILES string of the molecule is Cc1cnc(Nc2cccc(C3CCCN3C(=O)c3ccc4c(c3)CCCN4C)n2)s1. The quantitative estimate of drug-likeness (QED) is 0.631. The first-order valence-corrected chi connectivity index (χ1v) is 11.7. The number of nitrogens with zero attached hydrogens (tertiary/aromatic N) is 4. The molecule has 160 valence electrons. The number of aryl methyl sites for hydroxylation is 2. The van der Waals surface area contributed by atoms with Crippen LogP contribution in [-0.2, 0) is 6.42 Å². The zero-order chi connectivity index (χ0) is 21.4. The fourth-order valence-corrected chi connectivity index (χ4v) is 5.30. The number of likely N-dealkylation sites (tertiary alicyclic amines) is 1. The molecular weight excluding hydrogens is 406 g/mol. The Labute approximate surface area is 186 Å². The van der Waals surface area contributed by atoms with E-state index in [0.29, 0.717) is 0 Å². The van der Waals surface area contributed by atoms with Crippen LogP contribution < -0.4 is 10.2 Å². The van der Waals surface area contributed by atoms with Gasteiger partial charge in [-0.3, -0.25) is 4.79 Å². The molecule has 2 aliphatic heterocycles. The summed E-state index contributed by atoms with van der Waals surface area (Å²) in [4.78, 5) is 28.0. The molecule has 7 heteroatoms. The number of hydrogen-bond donors (Lipinski definition) is 1. The standard InChI is InChI=1S/C24H27N5OS/c1-16-15-25-24(31-16)27-22-9-3-7-19(26-22)21-8-5-13-29(21)23(30)18-10-11-20-17(14-18)6-4-12-28(20)2/h3,7,9-11,14-15,21H,4-6,8,12-13H2,1-2H3,(H,25,26,27). The monoisotopic (exact) mass is 433 g/mol. The van der Waals surface area contributed by atoms with E-state index >= 15 is 0 Å². The van der Waals surface area contributed by atoms with Crippen molar-refractivity contribution in [2.75, 3.05) is 30.4 Å². The number of carbonyl (C=O) groups is 1. The van der Waals surface area contributed by atoms with Gasteiger partial charge in [0.2, 0.25) is 0 Å². The molecule has 1 atom stereocenters. The van der Waals surface area contributed by atoms with E-state index in [-0.39, 0.29) is 11.9 Å². The van der Waals surface area contributed by atoms with Crippen LogP contribution in [0.4, 0.5) is 16.6 Å². The first-order chi connectivity index (χ1) is 15.1. The topological polar surface area (TPSA) is 61.4 Å². The van der Waals surface area contributed by atoms with E-state index in [9.17, 15) is 4.79 Å². The highest BCUT2D eigenvalue weighted by atomic mass is 32.1. The molecule has 1 amide bonds. The highest BCUT2D eigenvalue weighted by molar-refractivity contribution is 7.15. The third kappa shape index (κ3) is 4.02. The van der Waals surface area contributed by atoms with Gasteiger partial charge in [-0.05, 0) is 68.5 Å². The largest absolute Gasteiger partial charge is 0.374 e. The highest BCUT2D eigenvalue weighted by Crippen LogP contribution is 2.34. The molecule has 0 radical (unpaired) electrons. The second-order valence-electron chi connectivity index (χ2n) is 8.37. The summed E-state index contributed by atoms with van der Waals surface area (Å²) in [5, 5.41) is 4.12. The zero-order valence-corrected chi connectivity index (χ0v) is 18.8. The van der Waals surface area contributed by atoms with Crippen molar-refractivity contribution >= 4 is 33.9 Å². The third-order valence-electron chi connectivity index (χ3n) is 6.16. The zero-order valence-electron chi connectivity index (χ0n) is 18.0. The van der Waals surface area contributed by atoms with Crippen LogP contribution in [0.1, 0.15) is 51.8 Å². The predicted octanol–water partition coefficient (Wildman–Crippen LogP) is 4.95. The number of pyridine rings is 1. The van der Waals surface area contributed by atoms with Gasteiger partial charge in [0.05, 0.1) is 11.7 Å². The molecule has 1 N–H and O–H groups in total. The Kier molecular flexibility index (Phi) is 5.36. The van der Waals surface area contributed by atoms with Crippen molar-refractivity contribution in [2.24, 2.45) is 0 Å². The number of anilines is 3. The molecule has 0 aliphatic carbocycles. The number of thiazole rings is 1. The minimum atomic E-state index is 0.00554. The Hall–Kier alpha value is -2.93. The van der Waals surface area contributed by atoms with E-state index in [1.54, 1.807) is 11.3 Å². The summed E-state index contributed by atoms with van der Waals surface area (Å²) >= 11 is 1.60. The second kappa shape index (κ2) is 8.30. The summed E-state index contributed by atoms with van der Waals surface area (Å²) in [6.45, 7) is 3.88. The number of nitrogens with one attached hydrogen (secondary N) is 1. The van der Waals surface area contributed by atoms with Crippen molar-refractivity contribution in [3.05, 3.63) is 64.3 Å². The first kappa shape index (κ1) is 20.0. The summed E-state index contributed by atoms with van der Waals surface area (Å²) in [7, 11) is 2.12. The van der Waals surface area contributed by atoms with Crippen molar-refractivity contribution < 1.29 is 4.79 Å². The van der Waals surface area contributed by atoms with Gasteiger partial charge in [0.15, 0.2) is 5.13 Å². The molecule has 0 bridgehead atoms. The third-order valence-corrected chi connectivity index (χ3v) is 6.99. The summed E-state index contributed by atoms with van der Waals surface area (Å²) in [6, 6.07) is 12.2. The molecule has 1 unspecified atom stereocenters. The number of aromatic nitrogens is 2. The summed E-state index contributed by atoms with van der Waals surface area (Å²) in [5.41, 5.74) is 4.24. The normalized spacial score (nSPS) is 18.2. The van der Waals surface area contributed by atoms with Gasteiger partial charge < -0.3 is 15.1 Å². The van der Waals surface area contributed by atoms with Crippen LogP contribution in [-0.4, -0.2) is 40.9 Å². The van der Waals surface area contributed by atoms with Crippen molar-refractivity contribution in [3.8, 4) is 0 Å². The van der Waals surface area contributed by atoms with Crippen molar-refractivity contribution in [1.82, 2.24) is 14.9 Å². The molecule has 1 aromatic carbocycles. The van der Waals surface area contributed by atoms with Crippen LogP contribution in [0.2, 0.25) is 0 Å². The molecule has 5 rings (SSSR count).